The molecule has 1 fully saturated rings. The van der Waals surface area contributed by atoms with Crippen molar-refractivity contribution in [1.82, 2.24) is 10.2 Å². The summed E-state index contributed by atoms with van der Waals surface area (Å²) in [6, 6.07) is 7.32. The Hall–Kier alpha value is -3.26. The van der Waals surface area contributed by atoms with Gasteiger partial charge < -0.3 is 14.8 Å². The van der Waals surface area contributed by atoms with Crippen LogP contribution < -0.4 is 5.32 Å². The van der Waals surface area contributed by atoms with Crippen LogP contribution in [0.5, 0.6) is 0 Å². The SMILES string of the molecule is COC(=O)[C@H](Cc1ccccc1)NC(=O)[C@@H]1CC[C@H](N=[N+]=[N-])N1C(=O)OC(C)(C)C. The van der Waals surface area contributed by atoms with Gasteiger partial charge in [0.2, 0.25) is 5.91 Å². The first-order chi connectivity index (χ1) is 14.2. The number of nitrogens with zero attached hydrogens (tertiary/aromatic N) is 4. The molecule has 3 atom stereocenters. The van der Waals surface area contributed by atoms with Gasteiger partial charge in [0.25, 0.3) is 0 Å². The lowest BCUT2D eigenvalue weighted by molar-refractivity contribution is -0.145. The molecule has 30 heavy (non-hydrogen) atoms. The second kappa shape index (κ2) is 9.98. The number of carbonyl (C=O) groups is 3. The van der Waals surface area contributed by atoms with Gasteiger partial charge in [-0.05, 0) is 44.7 Å². The van der Waals surface area contributed by atoms with Crippen molar-refractivity contribution in [2.24, 2.45) is 5.11 Å². The van der Waals surface area contributed by atoms with Crippen LogP contribution in [-0.4, -0.2) is 53.8 Å². The maximum absolute atomic E-state index is 13.0. The topological polar surface area (TPSA) is 134 Å². The summed E-state index contributed by atoms with van der Waals surface area (Å²) in [4.78, 5) is 41.8. The number of carbonyl (C=O) groups excluding carboxylic acids is 3. The van der Waals surface area contributed by atoms with Crippen LogP contribution in [0.4, 0.5) is 4.79 Å². The molecule has 2 amide bonds. The van der Waals surface area contributed by atoms with E-state index in [2.05, 4.69) is 15.3 Å². The summed E-state index contributed by atoms with van der Waals surface area (Å²) >= 11 is 0. The number of benzene rings is 1. The molecule has 2 rings (SSSR count). The quantitative estimate of drug-likeness (QED) is 0.329. The first-order valence-electron chi connectivity index (χ1n) is 9.64. The van der Waals surface area contributed by atoms with Crippen molar-refractivity contribution in [3.63, 3.8) is 0 Å². The van der Waals surface area contributed by atoms with Crippen LogP contribution in [0, 0.1) is 0 Å². The Bertz CT molecular complexity index is 817. The number of esters is 1. The van der Waals surface area contributed by atoms with Crippen LogP contribution in [0.3, 0.4) is 0 Å². The van der Waals surface area contributed by atoms with Gasteiger partial charge in [0, 0.05) is 11.3 Å². The maximum Gasteiger partial charge on any atom is 0.411 e. The summed E-state index contributed by atoms with van der Waals surface area (Å²) in [5.41, 5.74) is 8.87. The van der Waals surface area contributed by atoms with Crippen LogP contribution >= 0.6 is 0 Å². The van der Waals surface area contributed by atoms with Crippen molar-refractivity contribution < 1.29 is 23.9 Å². The average molecular weight is 417 g/mol. The zero-order valence-corrected chi connectivity index (χ0v) is 17.6. The molecular formula is C20H27N5O5. The van der Waals surface area contributed by atoms with E-state index < -0.39 is 41.8 Å². The molecule has 0 unspecified atom stereocenters. The Morgan fingerprint density at radius 1 is 1.27 bits per heavy atom. The molecule has 10 heteroatoms. The zero-order chi connectivity index (χ0) is 22.3. The third kappa shape index (κ3) is 6.12. The van der Waals surface area contributed by atoms with Crippen molar-refractivity contribution >= 4 is 18.0 Å². The number of ether oxygens (including phenoxy) is 2. The fourth-order valence-electron chi connectivity index (χ4n) is 3.24. The fourth-order valence-corrected chi connectivity index (χ4v) is 3.24. The molecule has 0 aromatic heterocycles. The first-order valence-corrected chi connectivity index (χ1v) is 9.64. The van der Waals surface area contributed by atoms with Crippen LogP contribution in [0.1, 0.15) is 39.2 Å². The zero-order valence-electron chi connectivity index (χ0n) is 17.6. The molecule has 0 spiro atoms. The van der Waals surface area contributed by atoms with E-state index in [1.165, 1.54) is 7.11 Å². The highest BCUT2D eigenvalue weighted by Gasteiger charge is 2.43. The number of amides is 2. The predicted octanol–water partition coefficient (Wildman–Crippen LogP) is 2.92. The number of likely N-dealkylation sites (tertiary alicyclic amines) is 1. The van der Waals surface area contributed by atoms with E-state index in [-0.39, 0.29) is 12.8 Å². The molecule has 1 saturated heterocycles. The molecule has 1 aliphatic rings. The summed E-state index contributed by atoms with van der Waals surface area (Å²) in [6.07, 6.45) is -0.781. The summed E-state index contributed by atoms with van der Waals surface area (Å²) in [5.74, 6) is -1.14. The Morgan fingerprint density at radius 2 is 1.93 bits per heavy atom. The molecule has 0 radical (unpaired) electrons. The number of methoxy groups -OCH3 is 1. The second-order valence-electron chi connectivity index (χ2n) is 7.94. The van der Waals surface area contributed by atoms with Crippen LogP contribution in [-0.2, 0) is 25.5 Å². The van der Waals surface area contributed by atoms with Crippen molar-refractivity contribution in [2.45, 2.75) is 63.9 Å². The number of nitrogens with one attached hydrogen (secondary N) is 1. The second-order valence-corrected chi connectivity index (χ2v) is 7.94. The van der Waals surface area contributed by atoms with Crippen LogP contribution in [0.2, 0.25) is 0 Å². The lowest BCUT2D eigenvalue weighted by atomic mass is 10.1. The number of hydrogen-bond acceptors (Lipinski definition) is 6. The van der Waals surface area contributed by atoms with E-state index in [1.54, 1.807) is 20.8 Å². The Labute approximate surface area is 175 Å². The average Bonchev–Trinajstić information content (AvgIpc) is 3.10. The largest absolute Gasteiger partial charge is 0.467 e. The molecule has 1 heterocycles. The van der Waals surface area contributed by atoms with Gasteiger partial charge >= 0.3 is 12.1 Å². The highest BCUT2D eigenvalue weighted by molar-refractivity contribution is 5.90. The van der Waals surface area contributed by atoms with E-state index >= 15 is 0 Å². The normalized spacial score (nSPS) is 19.4. The van der Waals surface area contributed by atoms with Crippen LogP contribution in [0.15, 0.2) is 35.4 Å². The number of azide groups is 1. The van der Waals surface area contributed by atoms with Crippen LogP contribution in [0.25, 0.3) is 10.4 Å². The molecule has 1 aliphatic heterocycles. The van der Waals surface area contributed by atoms with Gasteiger partial charge in [0.1, 0.15) is 23.9 Å². The third-order valence-corrected chi connectivity index (χ3v) is 4.53. The van der Waals surface area contributed by atoms with Gasteiger partial charge in [0.05, 0.1) is 7.11 Å². The maximum atomic E-state index is 13.0. The van der Waals surface area contributed by atoms with Crippen molar-refractivity contribution in [1.29, 1.82) is 0 Å². The van der Waals surface area contributed by atoms with Gasteiger partial charge in [-0.25, -0.2) is 9.59 Å². The highest BCUT2D eigenvalue weighted by Crippen LogP contribution is 2.28. The third-order valence-electron chi connectivity index (χ3n) is 4.53. The molecule has 0 saturated carbocycles. The minimum Gasteiger partial charge on any atom is -0.467 e. The van der Waals surface area contributed by atoms with Crippen molar-refractivity contribution in [3.8, 4) is 0 Å². The summed E-state index contributed by atoms with van der Waals surface area (Å²) < 4.78 is 10.2. The van der Waals surface area contributed by atoms with E-state index in [0.717, 1.165) is 10.5 Å². The monoisotopic (exact) mass is 417 g/mol. The lowest BCUT2D eigenvalue weighted by Gasteiger charge is -2.31. The van der Waals surface area contributed by atoms with E-state index in [0.29, 0.717) is 6.42 Å². The molecule has 1 aromatic carbocycles. The highest BCUT2D eigenvalue weighted by atomic mass is 16.6. The van der Waals surface area contributed by atoms with Gasteiger partial charge in [-0.3, -0.25) is 9.69 Å². The molecule has 10 nitrogen and oxygen atoms in total. The number of rotatable bonds is 6. The molecule has 0 bridgehead atoms. The standard InChI is InChI=1S/C20H27N5O5/c1-20(2,3)30-19(28)25-15(10-11-16(25)23-24-21)17(26)22-14(18(27)29-4)12-13-8-6-5-7-9-13/h5-9,14-16H,10-12H2,1-4H3,(H,22,26)/t14-,15-,16+/m0/s1. The Morgan fingerprint density at radius 3 is 2.50 bits per heavy atom. The molecule has 0 aliphatic carbocycles. The van der Waals surface area contributed by atoms with Gasteiger partial charge in [0.15, 0.2) is 0 Å². The smallest absolute Gasteiger partial charge is 0.411 e. The summed E-state index contributed by atoms with van der Waals surface area (Å²) in [6.45, 7) is 5.10. The molecule has 162 valence electrons. The minimum absolute atomic E-state index is 0.234. The summed E-state index contributed by atoms with van der Waals surface area (Å²) in [5, 5.41) is 6.29. The lowest BCUT2D eigenvalue weighted by Crippen LogP contribution is -2.53. The van der Waals surface area contributed by atoms with Gasteiger partial charge in [-0.1, -0.05) is 35.4 Å². The Balaban J connectivity index is 2.20. The van der Waals surface area contributed by atoms with E-state index in [1.807, 2.05) is 30.3 Å². The molecular weight excluding hydrogens is 390 g/mol. The predicted molar refractivity (Wildman–Crippen MR) is 108 cm³/mol. The number of hydrogen-bond donors (Lipinski definition) is 1. The van der Waals surface area contributed by atoms with Gasteiger partial charge in [-0.2, -0.15) is 0 Å². The summed E-state index contributed by atoms with van der Waals surface area (Å²) in [7, 11) is 1.24. The molecule has 1 aromatic rings. The van der Waals surface area contributed by atoms with Crippen molar-refractivity contribution in [3.05, 3.63) is 46.3 Å². The van der Waals surface area contributed by atoms with Gasteiger partial charge in [-0.15, -0.1) is 0 Å². The van der Waals surface area contributed by atoms with Crippen molar-refractivity contribution in [2.75, 3.05) is 7.11 Å². The molecule has 1 N–H and O–H groups in total. The van der Waals surface area contributed by atoms with E-state index in [4.69, 9.17) is 15.0 Å². The minimum atomic E-state index is -0.932. The first kappa shape index (κ1) is 23.0. The van der Waals surface area contributed by atoms with E-state index in [9.17, 15) is 14.4 Å². The fraction of sp³-hybridized carbons (Fsp3) is 0.550. The Kier molecular flexibility index (Phi) is 7.66.